The fourth-order valence-electron chi connectivity index (χ4n) is 2.25. The Labute approximate surface area is 78.1 Å². The Kier molecular flexibility index (Phi) is 2.34. The number of carbonyl (C=O) groups is 2. The van der Waals surface area contributed by atoms with Crippen LogP contribution in [0.2, 0.25) is 0 Å². The molecule has 0 radical (unpaired) electrons. The van der Waals surface area contributed by atoms with E-state index in [1.807, 2.05) is 0 Å². The van der Waals surface area contributed by atoms with Gasteiger partial charge in [0.05, 0.1) is 6.54 Å². The standard InChI is InChI=1S/C10H15NO2/c12-9-5-6-11(7-9)10(13)8-3-1-2-4-8/h8H,1-7H2. The summed E-state index contributed by atoms with van der Waals surface area (Å²) in [5, 5.41) is 0. The van der Waals surface area contributed by atoms with E-state index in [1.54, 1.807) is 4.90 Å². The minimum atomic E-state index is 0.214. The monoisotopic (exact) mass is 181 g/mol. The molecule has 0 N–H and O–H groups in total. The van der Waals surface area contributed by atoms with Crippen LogP contribution in [0.3, 0.4) is 0 Å². The van der Waals surface area contributed by atoms with E-state index < -0.39 is 0 Å². The maximum atomic E-state index is 11.8. The average molecular weight is 181 g/mol. The van der Waals surface area contributed by atoms with Crippen LogP contribution in [0.1, 0.15) is 32.1 Å². The highest BCUT2D eigenvalue weighted by molar-refractivity contribution is 5.90. The van der Waals surface area contributed by atoms with Crippen LogP contribution in [0.5, 0.6) is 0 Å². The summed E-state index contributed by atoms with van der Waals surface area (Å²) in [5.41, 5.74) is 0. The zero-order valence-corrected chi connectivity index (χ0v) is 7.79. The average Bonchev–Trinajstić information content (AvgIpc) is 2.72. The molecular formula is C10H15NO2. The van der Waals surface area contributed by atoms with E-state index in [0.717, 1.165) is 12.8 Å². The number of likely N-dealkylation sites (tertiary alicyclic amines) is 1. The van der Waals surface area contributed by atoms with Gasteiger partial charge in [-0.15, -0.1) is 0 Å². The van der Waals surface area contributed by atoms with Gasteiger partial charge in [-0.1, -0.05) is 12.8 Å². The molecule has 2 rings (SSSR count). The molecule has 3 nitrogen and oxygen atoms in total. The van der Waals surface area contributed by atoms with Crippen LogP contribution in [0, 0.1) is 5.92 Å². The van der Waals surface area contributed by atoms with Gasteiger partial charge in [0, 0.05) is 18.9 Å². The lowest BCUT2D eigenvalue weighted by Gasteiger charge is -2.18. The fourth-order valence-corrected chi connectivity index (χ4v) is 2.25. The van der Waals surface area contributed by atoms with Crippen LogP contribution in [0.25, 0.3) is 0 Å². The predicted molar refractivity (Wildman–Crippen MR) is 48.2 cm³/mol. The minimum Gasteiger partial charge on any atom is -0.335 e. The Morgan fingerprint density at radius 1 is 1.31 bits per heavy atom. The third-order valence-electron chi connectivity index (χ3n) is 3.04. The SMILES string of the molecule is O=C1CCN(C(=O)C2CCCC2)C1. The summed E-state index contributed by atoms with van der Waals surface area (Å²) in [7, 11) is 0. The van der Waals surface area contributed by atoms with Crippen molar-refractivity contribution in [2.24, 2.45) is 5.92 Å². The van der Waals surface area contributed by atoms with Crippen molar-refractivity contribution >= 4 is 11.7 Å². The highest BCUT2D eigenvalue weighted by Crippen LogP contribution is 2.27. The highest BCUT2D eigenvalue weighted by atomic mass is 16.2. The zero-order valence-electron chi connectivity index (χ0n) is 7.79. The largest absolute Gasteiger partial charge is 0.335 e. The second kappa shape index (κ2) is 3.48. The third-order valence-corrected chi connectivity index (χ3v) is 3.04. The van der Waals surface area contributed by atoms with Crippen LogP contribution in [-0.4, -0.2) is 29.7 Å². The first-order valence-electron chi connectivity index (χ1n) is 5.08. The first-order valence-corrected chi connectivity index (χ1v) is 5.08. The maximum Gasteiger partial charge on any atom is 0.226 e. The van der Waals surface area contributed by atoms with E-state index in [9.17, 15) is 9.59 Å². The lowest BCUT2D eigenvalue weighted by molar-refractivity contribution is -0.135. The van der Waals surface area contributed by atoms with Crippen LogP contribution in [0.15, 0.2) is 0 Å². The number of hydrogen-bond donors (Lipinski definition) is 0. The molecular weight excluding hydrogens is 166 g/mol. The molecule has 1 amide bonds. The van der Waals surface area contributed by atoms with Gasteiger partial charge < -0.3 is 4.90 Å². The van der Waals surface area contributed by atoms with Crippen molar-refractivity contribution in [1.82, 2.24) is 4.90 Å². The van der Waals surface area contributed by atoms with Gasteiger partial charge in [0.25, 0.3) is 0 Å². The van der Waals surface area contributed by atoms with Crippen molar-refractivity contribution < 1.29 is 9.59 Å². The van der Waals surface area contributed by atoms with E-state index in [-0.39, 0.29) is 17.6 Å². The van der Waals surface area contributed by atoms with Crippen molar-refractivity contribution in [2.75, 3.05) is 13.1 Å². The van der Waals surface area contributed by atoms with Gasteiger partial charge >= 0.3 is 0 Å². The number of carbonyl (C=O) groups excluding carboxylic acids is 2. The van der Waals surface area contributed by atoms with Crippen LogP contribution >= 0.6 is 0 Å². The zero-order chi connectivity index (χ0) is 9.26. The Balaban J connectivity index is 1.92. The summed E-state index contributed by atoms with van der Waals surface area (Å²) >= 11 is 0. The molecule has 2 aliphatic rings. The van der Waals surface area contributed by atoms with E-state index in [0.29, 0.717) is 19.5 Å². The highest BCUT2D eigenvalue weighted by Gasteiger charge is 2.30. The van der Waals surface area contributed by atoms with E-state index in [2.05, 4.69) is 0 Å². The van der Waals surface area contributed by atoms with Crippen molar-refractivity contribution in [3.05, 3.63) is 0 Å². The summed E-state index contributed by atoms with van der Waals surface area (Å²) in [4.78, 5) is 24.5. The molecule has 1 aliphatic heterocycles. The molecule has 0 bridgehead atoms. The molecule has 13 heavy (non-hydrogen) atoms. The molecule has 0 atom stereocenters. The van der Waals surface area contributed by atoms with Gasteiger partial charge in [0.15, 0.2) is 5.78 Å². The van der Waals surface area contributed by atoms with Crippen molar-refractivity contribution in [3.8, 4) is 0 Å². The predicted octanol–water partition coefficient (Wildman–Crippen LogP) is 0.978. The quantitative estimate of drug-likeness (QED) is 0.604. The second-order valence-electron chi connectivity index (χ2n) is 4.03. The molecule has 72 valence electrons. The van der Waals surface area contributed by atoms with Gasteiger partial charge in [0.2, 0.25) is 5.91 Å². The Morgan fingerprint density at radius 3 is 2.54 bits per heavy atom. The van der Waals surface area contributed by atoms with Crippen molar-refractivity contribution in [2.45, 2.75) is 32.1 Å². The van der Waals surface area contributed by atoms with Crippen molar-refractivity contribution in [1.29, 1.82) is 0 Å². The van der Waals surface area contributed by atoms with Crippen LogP contribution < -0.4 is 0 Å². The van der Waals surface area contributed by atoms with Gasteiger partial charge in [-0.25, -0.2) is 0 Å². The Bertz CT molecular complexity index is 231. The van der Waals surface area contributed by atoms with Gasteiger partial charge in [-0.05, 0) is 12.8 Å². The number of amides is 1. The molecule has 1 saturated carbocycles. The lowest BCUT2D eigenvalue weighted by Crippen LogP contribution is -2.33. The molecule has 1 heterocycles. The third kappa shape index (κ3) is 1.74. The second-order valence-corrected chi connectivity index (χ2v) is 4.03. The van der Waals surface area contributed by atoms with Crippen LogP contribution in [0.4, 0.5) is 0 Å². The summed E-state index contributed by atoms with van der Waals surface area (Å²) in [6.45, 7) is 1.03. The topological polar surface area (TPSA) is 37.4 Å². The summed E-state index contributed by atoms with van der Waals surface area (Å²) in [6.07, 6.45) is 4.99. The molecule has 0 aromatic carbocycles. The van der Waals surface area contributed by atoms with E-state index in [1.165, 1.54) is 12.8 Å². The van der Waals surface area contributed by atoms with Crippen molar-refractivity contribution in [3.63, 3.8) is 0 Å². The molecule has 0 aromatic heterocycles. The lowest BCUT2D eigenvalue weighted by atomic mass is 10.1. The summed E-state index contributed by atoms with van der Waals surface area (Å²) < 4.78 is 0. The molecule has 0 aromatic rings. The number of Topliss-reactive ketones (excluding diaryl/α,β-unsaturated/α-hetero) is 1. The molecule has 3 heteroatoms. The van der Waals surface area contributed by atoms with Gasteiger partial charge in [-0.2, -0.15) is 0 Å². The Hall–Kier alpha value is -0.860. The molecule has 1 aliphatic carbocycles. The first-order chi connectivity index (χ1) is 6.27. The summed E-state index contributed by atoms with van der Waals surface area (Å²) in [5.74, 6) is 0.667. The number of rotatable bonds is 1. The molecule has 0 unspecified atom stereocenters. The number of ketones is 1. The Morgan fingerprint density at radius 2 is 2.00 bits per heavy atom. The molecule has 1 saturated heterocycles. The van der Waals surface area contributed by atoms with E-state index in [4.69, 9.17) is 0 Å². The van der Waals surface area contributed by atoms with E-state index >= 15 is 0 Å². The number of nitrogens with zero attached hydrogens (tertiary/aromatic N) is 1. The maximum absolute atomic E-state index is 11.8. The summed E-state index contributed by atoms with van der Waals surface area (Å²) in [6, 6.07) is 0. The van der Waals surface area contributed by atoms with Gasteiger partial charge in [-0.3, -0.25) is 9.59 Å². The fraction of sp³-hybridized carbons (Fsp3) is 0.800. The minimum absolute atomic E-state index is 0.214. The van der Waals surface area contributed by atoms with Gasteiger partial charge in [0.1, 0.15) is 0 Å². The molecule has 2 fully saturated rings. The first kappa shape index (κ1) is 8.73. The van der Waals surface area contributed by atoms with Crippen LogP contribution in [-0.2, 0) is 9.59 Å². The smallest absolute Gasteiger partial charge is 0.226 e. The number of hydrogen-bond acceptors (Lipinski definition) is 2. The molecule has 0 spiro atoms. The normalized spacial score (nSPS) is 24.3.